The highest BCUT2D eigenvalue weighted by Gasteiger charge is 2.30. The Kier molecular flexibility index (Phi) is 6.67. The van der Waals surface area contributed by atoms with Gasteiger partial charge in [0.15, 0.2) is 5.15 Å². The van der Waals surface area contributed by atoms with Gasteiger partial charge in [-0.15, -0.1) is 5.10 Å². The van der Waals surface area contributed by atoms with E-state index in [9.17, 15) is 9.59 Å². The Balaban J connectivity index is 1.38. The normalized spacial score (nSPS) is 13.7. The van der Waals surface area contributed by atoms with E-state index < -0.39 is 6.04 Å². The smallest absolute Gasteiger partial charge is 0.254 e. The highest BCUT2D eigenvalue weighted by molar-refractivity contribution is 6.31. The number of carbonyl (C=O) groups is 1. The van der Waals surface area contributed by atoms with E-state index in [1.165, 1.54) is 28.0 Å². The van der Waals surface area contributed by atoms with Gasteiger partial charge in [-0.1, -0.05) is 58.7 Å². The van der Waals surface area contributed by atoms with Gasteiger partial charge in [0, 0.05) is 29.6 Å². The first kappa shape index (κ1) is 25.0. The Morgan fingerprint density at radius 1 is 1.03 bits per heavy atom. The molecule has 1 amide bonds. The molecule has 0 radical (unpaired) electrons. The maximum absolute atomic E-state index is 13.9. The summed E-state index contributed by atoms with van der Waals surface area (Å²) in [6.45, 7) is 1.32. The average Bonchev–Trinajstić information content (AvgIpc) is 3.60. The summed E-state index contributed by atoms with van der Waals surface area (Å²) in [6, 6.07) is 15.3. The van der Waals surface area contributed by atoms with Crippen LogP contribution in [-0.4, -0.2) is 56.7 Å². The van der Waals surface area contributed by atoms with Crippen LogP contribution in [0.4, 0.5) is 0 Å². The van der Waals surface area contributed by atoms with Crippen LogP contribution in [0.1, 0.15) is 17.4 Å². The number of carbonyl (C=O) groups excluding carboxylic acids is 1. The van der Waals surface area contributed by atoms with Crippen LogP contribution in [0.15, 0.2) is 78.2 Å². The fraction of sp³-hybridized carbons (Fsp3) is 0.192. The molecule has 3 aromatic heterocycles. The van der Waals surface area contributed by atoms with Gasteiger partial charge < -0.3 is 4.90 Å². The molecular weight excluding hydrogens is 541 g/mol. The molecule has 4 heterocycles. The second kappa shape index (κ2) is 10.4. The topological polar surface area (TPSA) is 117 Å². The number of hydrogen-bond donors (Lipinski definition) is 0. The van der Waals surface area contributed by atoms with Gasteiger partial charge in [-0.25, -0.2) is 19.3 Å². The minimum absolute atomic E-state index is 0.189. The molecule has 11 nitrogen and oxygen atoms in total. The largest absolute Gasteiger partial charge is 0.331 e. The predicted octanol–water partition coefficient (Wildman–Crippen LogP) is 3.22. The van der Waals surface area contributed by atoms with Gasteiger partial charge in [0.2, 0.25) is 5.91 Å². The first-order valence-corrected chi connectivity index (χ1v) is 12.9. The van der Waals surface area contributed by atoms with E-state index in [2.05, 4.69) is 25.4 Å². The second-order valence-corrected chi connectivity index (χ2v) is 9.86. The van der Waals surface area contributed by atoms with E-state index in [-0.39, 0.29) is 16.6 Å². The minimum atomic E-state index is -0.802. The van der Waals surface area contributed by atoms with Crippen molar-refractivity contribution in [1.29, 1.82) is 0 Å². The number of nitrogens with zero attached hydrogens (tertiary/aromatic N) is 9. The Hall–Kier alpha value is -4.35. The van der Waals surface area contributed by atoms with Gasteiger partial charge in [-0.05, 0) is 23.8 Å². The molecule has 1 unspecified atom stereocenters. The molecule has 2 aromatic carbocycles. The molecule has 13 heteroatoms. The summed E-state index contributed by atoms with van der Waals surface area (Å²) < 4.78 is 4.65. The van der Waals surface area contributed by atoms with Crippen LogP contribution in [0.25, 0.3) is 16.9 Å². The number of halogens is 2. The molecular formula is C26H21Cl2N9O2. The average molecular weight is 562 g/mol. The molecule has 0 bridgehead atoms. The third kappa shape index (κ3) is 5.06. The summed E-state index contributed by atoms with van der Waals surface area (Å²) in [7, 11) is 0. The van der Waals surface area contributed by atoms with Gasteiger partial charge in [0.1, 0.15) is 18.2 Å². The maximum Gasteiger partial charge on any atom is 0.254 e. The maximum atomic E-state index is 13.9. The van der Waals surface area contributed by atoms with Crippen LogP contribution < -0.4 is 5.56 Å². The zero-order valence-corrected chi connectivity index (χ0v) is 21.9. The SMILES string of the molecule is O=C(C(Cc1ccccc1)n1cnc(-c2cc(Cl)ccc2-n2cc(Cl)nn2)cc1=O)N1CCn2ncnc2C1. The Morgan fingerprint density at radius 2 is 1.87 bits per heavy atom. The van der Waals surface area contributed by atoms with Crippen molar-refractivity contribution in [2.45, 2.75) is 25.6 Å². The van der Waals surface area contributed by atoms with Crippen molar-refractivity contribution in [2.75, 3.05) is 6.54 Å². The monoisotopic (exact) mass is 561 g/mol. The molecule has 39 heavy (non-hydrogen) atoms. The van der Waals surface area contributed by atoms with Crippen molar-refractivity contribution >= 4 is 29.1 Å². The molecule has 0 saturated carbocycles. The van der Waals surface area contributed by atoms with Gasteiger partial charge in [-0.3, -0.25) is 14.2 Å². The lowest BCUT2D eigenvalue weighted by molar-refractivity contribution is -0.136. The lowest BCUT2D eigenvalue weighted by Gasteiger charge is -2.31. The summed E-state index contributed by atoms with van der Waals surface area (Å²) in [5, 5.41) is 12.7. The fourth-order valence-corrected chi connectivity index (χ4v) is 4.97. The van der Waals surface area contributed by atoms with Gasteiger partial charge in [0.05, 0.1) is 37.0 Å². The quantitative estimate of drug-likeness (QED) is 0.312. The van der Waals surface area contributed by atoms with E-state index >= 15 is 0 Å². The number of rotatable bonds is 6. The van der Waals surface area contributed by atoms with Crippen LogP contribution in [0.5, 0.6) is 0 Å². The second-order valence-electron chi connectivity index (χ2n) is 9.03. The number of hydrogen-bond acceptors (Lipinski definition) is 7. The molecule has 0 fully saturated rings. The van der Waals surface area contributed by atoms with Crippen molar-refractivity contribution in [3.8, 4) is 16.9 Å². The first-order chi connectivity index (χ1) is 19.0. The van der Waals surface area contributed by atoms with E-state index in [1.807, 2.05) is 30.3 Å². The van der Waals surface area contributed by atoms with Crippen LogP contribution >= 0.6 is 23.2 Å². The third-order valence-electron chi connectivity index (χ3n) is 6.60. The first-order valence-electron chi connectivity index (χ1n) is 12.1. The zero-order chi connectivity index (χ0) is 26.9. The van der Waals surface area contributed by atoms with Crippen LogP contribution in [0, 0.1) is 0 Å². The number of fused-ring (bicyclic) bond motifs is 1. The number of aromatic nitrogens is 8. The Morgan fingerprint density at radius 3 is 2.64 bits per heavy atom. The minimum Gasteiger partial charge on any atom is -0.331 e. The molecule has 1 aliphatic heterocycles. The molecule has 196 valence electrons. The van der Waals surface area contributed by atoms with E-state index in [4.69, 9.17) is 23.2 Å². The summed E-state index contributed by atoms with van der Waals surface area (Å²) in [6.07, 6.45) is 4.76. The molecule has 0 spiro atoms. The number of benzene rings is 2. The molecule has 5 aromatic rings. The van der Waals surface area contributed by atoms with Crippen LogP contribution in [-0.2, 0) is 24.3 Å². The fourth-order valence-electron chi connectivity index (χ4n) is 4.67. The lowest BCUT2D eigenvalue weighted by atomic mass is 10.0. The van der Waals surface area contributed by atoms with Crippen LogP contribution in [0.2, 0.25) is 10.2 Å². The molecule has 0 aliphatic carbocycles. The van der Waals surface area contributed by atoms with Crippen molar-refractivity contribution in [1.82, 2.24) is 44.2 Å². The standard InChI is InChI=1S/C26H21Cl2N9O2/c27-18-6-7-21(37-13-23(28)32-33-37)19(11-18)20-12-25(38)35(16-30-20)22(10-17-4-2-1-3-5-17)26(39)34-8-9-36-24(14-34)29-15-31-36/h1-7,11-13,15-16,22H,8-10,14H2. The van der Waals surface area contributed by atoms with E-state index in [0.29, 0.717) is 53.8 Å². The zero-order valence-electron chi connectivity index (χ0n) is 20.4. The molecule has 1 aliphatic rings. The van der Waals surface area contributed by atoms with Gasteiger partial charge in [0.25, 0.3) is 5.56 Å². The molecule has 6 rings (SSSR count). The predicted molar refractivity (Wildman–Crippen MR) is 143 cm³/mol. The molecule has 0 N–H and O–H groups in total. The Bertz CT molecular complexity index is 1710. The van der Waals surface area contributed by atoms with E-state index in [0.717, 1.165) is 5.56 Å². The molecule has 1 atom stereocenters. The Labute approximate surface area is 232 Å². The summed E-state index contributed by atoms with van der Waals surface area (Å²) in [4.78, 5) is 38.0. The van der Waals surface area contributed by atoms with E-state index in [1.54, 1.807) is 34.0 Å². The van der Waals surface area contributed by atoms with Gasteiger partial charge in [-0.2, -0.15) is 5.10 Å². The third-order valence-corrected chi connectivity index (χ3v) is 7.01. The van der Waals surface area contributed by atoms with Crippen molar-refractivity contribution < 1.29 is 4.79 Å². The van der Waals surface area contributed by atoms with Crippen molar-refractivity contribution in [3.05, 3.63) is 105 Å². The van der Waals surface area contributed by atoms with Crippen molar-refractivity contribution in [3.63, 3.8) is 0 Å². The van der Waals surface area contributed by atoms with Crippen LogP contribution in [0.3, 0.4) is 0 Å². The van der Waals surface area contributed by atoms with Crippen molar-refractivity contribution in [2.24, 2.45) is 0 Å². The number of amides is 1. The summed E-state index contributed by atoms with van der Waals surface area (Å²) in [5.41, 5.74) is 2.08. The molecule has 0 saturated heterocycles. The summed E-state index contributed by atoms with van der Waals surface area (Å²) in [5.74, 6) is 0.515. The lowest BCUT2D eigenvalue weighted by Crippen LogP contribution is -2.45. The van der Waals surface area contributed by atoms with Gasteiger partial charge >= 0.3 is 0 Å². The highest BCUT2D eigenvalue weighted by atomic mass is 35.5. The summed E-state index contributed by atoms with van der Waals surface area (Å²) >= 11 is 12.3. The highest BCUT2D eigenvalue weighted by Crippen LogP contribution is 2.28.